The van der Waals surface area contributed by atoms with E-state index in [1.54, 1.807) is 30.5 Å². The highest BCUT2D eigenvalue weighted by atomic mass is 16.6. The minimum Gasteiger partial charge on any atom is -0.489 e. The number of methoxy groups -OCH3 is 1. The van der Waals surface area contributed by atoms with Crippen molar-refractivity contribution in [2.75, 3.05) is 20.3 Å². The topological polar surface area (TPSA) is 57.1 Å². The highest BCUT2D eigenvalue weighted by Gasteiger charge is 2.04. The Hall–Kier alpha value is -2.82. The molecule has 24 heavy (non-hydrogen) atoms. The second-order valence-electron chi connectivity index (χ2n) is 5.25. The molecule has 0 aliphatic heterocycles. The van der Waals surface area contributed by atoms with Crippen LogP contribution in [-0.4, -0.2) is 32.5 Å². The Morgan fingerprint density at radius 1 is 1.04 bits per heavy atom. The third kappa shape index (κ3) is 4.84. The van der Waals surface area contributed by atoms with E-state index in [9.17, 15) is 4.79 Å². The first-order valence-corrected chi connectivity index (χ1v) is 7.64. The SMILES string of the molecule is COC(=O)c1ccc(/C=N/OCCOc2c(C)cccc2C)cc1. The quantitative estimate of drug-likeness (QED) is 0.338. The van der Waals surface area contributed by atoms with Crippen molar-refractivity contribution in [2.24, 2.45) is 5.16 Å². The fourth-order valence-electron chi connectivity index (χ4n) is 2.18. The number of oxime groups is 1. The molecule has 0 atom stereocenters. The Morgan fingerprint density at radius 2 is 1.71 bits per heavy atom. The molecule has 2 aromatic rings. The summed E-state index contributed by atoms with van der Waals surface area (Å²) in [6, 6.07) is 12.9. The Bertz CT molecular complexity index is 688. The molecule has 0 saturated carbocycles. The summed E-state index contributed by atoms with van der Waals surface area (Å²) in [7, 11) is 1.35. The number of para-hydroxylation sites is 1. The van der Waals surface area contributed by atoms with Gasteiger partial charge in [-0.1, -0.05) is 35.5 Å². The number of carbonyl (C=O) groups excluding carboxylic acids is 1. The van der Waals surface area contributed by atoms with Crippen molar-refractivity contribution in [3.63, 3.8) is 0 Å². The van der Waals surface area contributed by atoms with Crippen LogP contribution >= 0.6 is 0 Å². The molecular formula is C19H21NO4. The number of benzene rings is 2. The Balaban J connectivity index is 1.76. The van der Waals surface area contributed by atoms with E-state index in [0.717, 1.165) is 22.4 Å². The first kappa shape index (κ1) is 17.5. The summed E-state index contributed by atoms with van der Waals surface area (Å²) in [5, 5.41) is 3.89. The van der Waals surface area contributed by atoms with Gasteiger partial charge in [0.15, 0.2) is 6.61 Å². The van der Waals surface area contributed by atoms with E-state index in [-0.39, 0.29) is 5.97 Å². The van der Waals surface area contributed by atoms with Gasteiger partial charge in [0.2, 0.25) is 0 Å². The van der Waals surface area contributed by atoms with Gasteiger partial charge in [-0.3, -0.25) is 0 Å². The van der Waals surface area contributed by atoms with Gasteiger partial charge in [-0.2, -0.15) is 0 Å². The molecular weight excluding hydrogens is 306 g/mol. The third-order valence-corrected chi connectivity index (χ3v) is 3.44. The molecule has 0 unspecified atom stereocenters. The summed E-state index contributed by atoms with van der Waals surface area (Å²) in [5.41, 5.74) is 3.53. The number of nitrogens with zero attached hydrogens (tertiary/aromatic N) is 1. The molecule has 0 N–H and O–H groups in total. The van der Waals surface area contributed by atoms with Crippen LogP contribution in [0.2, 0.25) is 0 Å². The van der Waals surface area contributed by atoms with E-state index >= 15 is 0 Å². The molecule has 0 amide bonds. The summed E-state index contributed by atoms with van der Waals surface area (Å²) >= 11 is 0. The van der Waals surface area contributed by atoms with Gasteiger partial charge in [0.05, 0.1) is 18.9 Å². The van der Waals surface area contributed by atoms with Crippen LogP contribution in [0, 0.1) is 13.8 Å². The van der Waals surface area contributed by atoms with Crippen LogP contribution in [0.15, 0.2) is 47.6 Å². The zero-order chi connectivity index (χ0) is 17.4. The van der Waals surface area contributed by atoms with Gasteiger partial charge in [-0.25, -0.2) is 4.79 Å². The lowest BCUT2D eigenvalue weighted by Gasteiger charge is -2.10. The van der Waals surface area contributed by atoms with E-state index in [4.69, 9.17) is 9.57 Å². The lowest BCUT2D eigenvalue weighted by molar-refractivity contribution is 0.0600. The van der Waals surface area contributed by atoms with Crippen molar-refractivity contribution in [2.45, 2.75) is 13.8 Å². The van der Waals surface area contributed by atoms with Crippen molar-refractivity contribution in [1.82, 2.24) is 0 Å². The smallest absolute Gasteiger partial charge is 0.337 e. The van der Waals surface area contributed by atoms with Gasteiger partial charge in [0.1, 0.15) is 12.4 Å². The third-order valence-electron chi connectivity index (χ3n) is 3.44. The van der Waals surface area contributed by atoms with E-state index in [1.807, 2.05) is 32.0 Å². The van der Waals surface area contributed by atoms with Gasteiger partial charge in [-0.05, 0) is 42.7 Å². The Morgan fingerprint density at radius 3 is 2.33 bits per heavy atom. The molecule has 0 spiro atoms. The number of carbonyl (C=O) groups is 1. The first-order chi connectivity index (χ1) is 11.6. The predicted molar refractivity (Wildman–Crippen MR) is 92.7 cm³/mol. The second-order valence-corrected chi connectivity index (χ2v) is 5.25. The van der Waals surface area contributed by atoms with E-state index < -0.39 is 0 Å². The lowest BCUT2D eigenvalue weighted by atomic mass is 10.1. The minimum absolute atomic E-state index is 0.352. The largest absolute Gasteiger partial charge is 0.489 e. The maximum absolute atomic E-state index is 11.3. The first-order valence-electron chi connectivity index (χ1n) is 7.64. The average molecular weight is 327 g/mol. The summed E-state index contributed by atoms with van der Waals surface area (Å²) in [4.78, 5) is 16.5. The highest BCUT2D eigenvalue weighted by Crippen LogP contribution is 2.21. The van der Waals surface area contributed by atoms with E-state index in [2.05, 4.69) is 9.89 Å². The number of rotatable bonds is 7. The molecule has 5 heteroatoms. The second kappa shape index (κ2) is 8.72. The van der Waals surface area contributed by atoms with Crippen LogP contribution < -0.4 is 4.74 Å². The molecule has 5 nitrogen and oxygen atoms in total. The van der Waals surface area contributed by atoms with Crippen molar-refractivity contribution >= 4 is 12.2 Å². The number of aryl methyl sites for hydroxylation is 2. The standard InChI is InChI=1S/C19H21NO4/c1-14-5-4-6-15(2)18(14)23-11-12-24-20-13-16-7-9-17(10-8-16)19(21)22-3/h4-10,13H,11-12H2,1-3H3/b20-13+. The van der Waals surface area contributed by atoms with Crippen molar-refractivity contribution in [3.8, 4) is 5.75 Å². The summed E-state index contributed by atoms with van der Waals surface area (Å²) in [5.74, 6) is 0.530. The normalized spacial score (nSPS) is 10.6. The summed E-state index contributed by atoms with van der Waals surface area (Å²) < 4.78 is 10.4. The van der Waals surface area contributed by atoms with E-state index in [0.29, 0.717) is 18.8 Å². The van der Waals surface area contributed by atoms with Crippen molar-refractivity contribution in [1.29, 1.82) is 0 Å². The molecule has 0 aromatic heterocycles. The zero-order valence-electron chi connectivity index (χ0n) is 14.1. The van der Waals surface area contributed by atoms with Gasteiger partial charge >= 0.3 is 5.97 Å². The maximum Gasteiger partial charge on any atom is 0.337 e. The average Bonchev–Trinajstić information content (AvgIpc) is 2.60. The van der Waals surface area contributed by atoms with Gasteiger partial charge < -0.3 is 14.3 Å². The fourth-order valence-corrected chi connectivity index (χ4v) is 2.18. The minimum atomic E-state index is -0.363. The lowest BCUT2D eigenvalue weighted by Crippen LogP contribution is -2.06. The van der Waals surface area contributed by atoms with Gasteiger partial charge in [0, 0.05) is 0 Å². The van der Waals surface area contributed by atoms with Gasteiger partial charge in [-0.15, -0.1) is 0 Å². The molecule has 0 radical (unpaired) electrons. The van der Waals surface area contributed by atoms with Crippen LogP contribution in [0.3, 0.4) is 0 Å². The van der Waals surface area contributed by atoms with E-state index in [1.165, 1.54) is 7.11 Å². The maximum atomic E-state index is 11.3. The molecule has 0 saturated heterocycles. The van der Waals surface area contributed by atoms with Crippen LogP contribution in [-0.2, 0) is 9.57 Å². The molecule has 2 rings (SSSR count). The van der Waals surface area contributed by atoms with Crippen LogP contribution in [0.1, 0.15) is 27.0 Å². The zero-order valence-corrected chi connectivity index (χ0v) is 14.1. The molecule has 0 bridgehead atoms. The fraction of sp³-hybridized carbons (Fsp3) is 0.263. The molecule has 0 fully saturated rings. The Labute approximate surface area is 141 Å². The molecule has 0 heterocycles. The molecule has 0 aliphatic carbocycles. The summed E-state index contributed by atoms with van der Waals surface area (Å²) in [6.07, 6.45) is 1.58. The number of ether oxygens (including phenoxy) is 2. The monoisotopic (exact) mass is 327 g/mol. The highest BCUT2D eigenvalue weighted by molar-refractivity contribution is 5.90. The number of esters is 1. The van der Waals surface area contributed by atoms with Crippen LogP contribution in [0.5, 0.6) is 5.75 Å². The molecule has 126 valence electrons. The number of hydrogen-bond acceptors (Lipinski definition) is 5. The predicted octanol–water partition coefficient (Wildman–Crippen LogP) is 3.52. The van der Waals surface area contributed by atoms with Crippen LogP contribution in [0.4, 0.5) is 0 Å². The summed E-state index contributed by atoms with van der Waals surface area (Å²) in [6.45, 7) is 4.80. The molecule has 2 aromatic carbocycles. The Kier molecular flexibility index (Phi) is 6.37. The van der Waals surface area contributed by atoms with Crippen molar-refractivity contribution < 1.29 is 19.1 Å². The van der Waals surface area contributed by atoms with Gasteiger partial charge in [0.25, 0.3) is 0 Å². The molecule has 0 aliphatic rings. The van der Waals surface area contributed by atoms with Crippen LogP contribution in [0.25, 0.3) is 0 Å². The van der Waals surface area contributed by atoms with Crippen molar-refractivity contribution in [3.05, 3.63) is 64.7 Å². The number of hydrogen-bond donors (Lipinski definition) is 0.